The summed E-state index contributed by atoms with van der Waals surface area (Å²) in [6.45, 7) is 7.90. The predicted octanol–water partition coefficient (Wildman–Crippen LogP) is 4.19. The second kappa shape index (κ2) is 5.32. The summed E-state index contributed by atoms with van der Waals surface area (Å²) in [6.07, 6.45) is 1.27. The number of nitrogens with zero attached hydrogens (tertiary/aromatic N) is 2. The van der Waals surface area contributed by atoms with Gasteiger partial charge >= 0.3 is 0 Å². The molecule has 18 heavy (non-hydrogen) atoms. The van der Waals surface area contributed by atoms with Crippen LogP contribution in [0.3, 0.4) is 0 Å². The van der Waals surface area contributed by atoms with Gasteiger partial charge in [0.1, 0.15) is 6.07 Å². The SMILES string of the molecule is CC1CC(C)C(C)N(c2ccc(Br)cc2C#N)C1. The van der Waals surface area contributed by atoms with Gasteiger partial charge in [-0.3, -0.25) is 0 Å². The molecule has 1 aromatic rings. The Morgan fingerprint density at radius 1 is 1.33 bits per heavy atom. The maximum Gasteiger partial charge on any atom is 0.101 e. The van der Waals surface area contributed by atoms with E-state index in [1.165, 1.54) is 6.42 Å². The zero-order chi connectivity index (χ0) is 13.3. The fraction of sp³-hybridized carbons (Fsp3) is 0.533. The standard InChI is InChI=1S/C15H19BrN2/c1-10-6-11(2)12(3)18(9-10)15-5-4-14(16)7-13(15)8-17/h4-5,7,10-12H,6,9H2,1-3H3. The quantitative estimate of drug-likeness (QED) is 0.778. The van der Waals surface area contributed by atoms with E-state index in [9.17, 15) is 5.26 Å². The number of benzene rings is 1. The van der Waals surface area contributed by atoms with Crippen LogP contribution in [0.15, 0.2) is 22.7 Å². The highest BCUT2D eigenvalue weighted by Crippen LogP contribution is 2.33. The first-order chi connectivity index (χ1) is 8.52. The van der Waals surface area contributed by atoms with Crippen LogP contribution < -0.4 is 4.90 Å². The molecule has 0 N–H and O–H groups in total. The third kappa shape index (κ3) is 2.54. The molecule has 0 saturated carbocycles. The summed E-state index contributed by atoms with van der Waals surface area (Å²) in [7, 11) is 0. The Morgan fingerprint density at radius 3 is 2.72 bits per heavy atom. The fourth-order valence-corrected chi connectivity index (χ4v) is 3.24. The van der Waals surface area contributed by atoms with Gasteiger partial charge in [-0.1, -0.05) is 29.8 Å². The number of piperidine rings is 1. The Kier molecular flexibility index (Phi) is 3.97. The third-order valence-corrected chi connectivity index (χ3v) is 4.48. The average Bonchev–Trinajstić information content (AvgIpc) is 2.34. The number of hydrogen-bond donors (Lipinski definition) is 0. The van der Waals surface area contributed by atoms with E-state index in [-0.39, 0.29) is 0 Å². The first kappa shape index (κ1) is 13.4. The zero-order valence-electron chi connectivity index (χ0n) is 11.2. The van der Waals surface area contributed by atoms with Crippen LogP contribution in [0.25, 0.3) is 0 Å². The van der Waals surface area contributed by atoms with E-state index in [0.29, 0.717) is 17.9 Å². The minimum absolute atomic E-state index is 0.495. The van der Waals surface area contributed by atoms with Crippen molar-refractivity contribution in [2.24, 2.45) is 11.8 Å². The maximum atomic E-state index is 9.29. The molecule has 3 heteroatoms. The highest BCUT2D eigenvalue weighted by molar-refractivity contribution is 9.10. The van der Waals surface area contributed by atoms with E-state index in [4.69, 9.17) is 0 Å². The van der Waals surface area contributed by atoms with Crippen molar-refractivity contribution >= 4 is 21.6 Å². The van der Waals surface area contributed by atoms with Crippen LogP contribution >= 0.6 is 15.9 Å². The van der Waals surface area contributed by atoms with Gasteiger partial charge in [-0.25, -0.2) is 0 Å². The van der Waals surface area contributed by atoms with Gasteiger partial charge in [-0.05, 0) is 43.4 Å². The van der Waals surface area contributed by atoms with Gasteiger partial charge in [-0.15, -0.1) is 0 Å². The molecular formula is C15H19BrN2. The molecular weight excluding hydrogens is 288 g/mol. The van der Waals surface area contributed by atoms with Gasteiger partial charge in [0.15, 0.2) is 0 Å². The van der Waals surface area contributed by atoms with Crippen molar-refractivity contribution in [2.45, 2.75) is 33.2 Å². The van der Waals surface area contributed by atoms with Crippen LogP contribution in [-0.4, -0.2) is 12.6 Å². The Labute approximate surface area is 118 Å². The first-order valence-corrected chi connectivity index (χ1v) is 7.28. The molecule has 0 aromatic heterocycles. The molecule has 1 aliphatic rings. The van der Waals surface area contributed by atoms with Gasteiger partial charge in [0, 0.05) is 17.1 Å². The molecule has 96 valence electrons. The van der Waals surface area contributed by atoms with Crippen LogP contribution in [0.4, 0.5) is 5.69 Å². The largest absolute Gasteiger partial charge is 0.367 e. The highest BCUT2D eigenvalue weighted by atomic mass is 79.9. The van der Waals surface area contributed by atoms with Crippen LogP contribution in [-0.2, 0) is 0 Å². The second-order valence-electron chi connectivity index (χ2n) is 5.48. The Balaban J connectivity index is 2.38. The van der Waals surface area contributed by atoms with Gasteiger partial charge < -0.3 is 4.90 Å². The summed E-state index contributed by atoms with van der Waals surface area (Å²) >= 11 is 3.43. The van der Waals surface area contributed by atoms with Crippen molar-refractivity contribution in [3.05, 3.63) is 28.2 Å². The number of rotatable bonds is 1. The van der Waals surface area contributed by atoms with Gasteiger partial charge in [0.2, 0.25) is 0 Å². The van der Waals surface area contributed by atoms with E-state index >= 15 is 0 Å². The Bertz CT molecular complexity index is 478. The summed E-state index contributed by atoms with van der Waals surface area (Å²) in [5, 5.41) is 9.29. The smallest absolute Gasteiger partial charge is 0.101 e. The molecule has 2 nitrogen and oxygen atoms in total. The second-order valence-corrected chi connectivity index (χ2v) is 6.40. The van der Waals surface area contributed by atoms with Crippen molar-refractivity contribution in [1.29, 1.82) is 5.26 Å². The molecule has 0 spiro atoms. The molecule has 0 bridgehead atoms. The molecule has 1 aliphatic heterocycles. The molecule has 1 heterocycles. The average molecular weight is 307 g/mol. The minimum Gasteiger partial charge on any atom is -0.367 e. The van der Waals surface area contributed by atoms with Crippen molar-refractivity contribution in [3.8, 4) is 6.07 Å². The molecule has 1 saturated heterocycles. The van der Waals surface area contributed by atoms with Crippen molar-refractivity contribution in [3.63, 3.8) is 0 Å². The van der Waals surface area contributed by atoms with E-state index in [2.05, 4.69) is 53.7 Å². The van der Waals surface area contributed by atoms with Gasteiger partial charge in [0.05, 0.1) is 11.3 Å². The number of anilines is 1. The highest BCUT2D eigenvalue weighted by Gasteiger charge is 2.29. The van der Waals surface area contributed by atoms with Crippen LogP contribution in [0.1, 0.15) is 32.8 Å². The predicted molar refractivity (Wildman–Crippen MR) is 78.6 cm³/mol. The summed E-state index contributed by atoms with van der Waals surface area (Å²) in [6, 6.07) is 8.80. The van der Waals surface area contributed by atoms with Crippen molar-refractivity contribution in [2.75, 3.05) is 11.4 Å². The van der Waals surface area contributed by atoms with Crippen molar-refractivity contribution < 1.29 is 0 Å². The number of halogens is 1. The lowest BCUT2D eigenvalue weighted by Gasteiger charge is -2.43. The molecule has 0 amide bonds. The van der Waals surface area contributed by atoms with Crippen LogP contribution in [0.5, 0.6) is 0 Å². The third-order valence-electron chi connectivity index (χ3n) is 3.99. The molecule has 3 unspecified atom stereocenters. The maximum absolute atomic E-state index is 9.29. The summed E-state index contributed by atoms with van der Waals surface area (Å²) in [4.78, 5) is 2.39. The first-order valence-electron chi connectivity index (χ1n) is 6.49. The molecule has 2 rings (SSSR count). The van der Waals surface area contributed by atoms with Gasteiger partial charge in [0.25, 0.3) is 0 Å². The molecule has 3 atom stereocenters. The molecule has 1 fully saturated rings. The van der Waals surface area contributed by atoms with E-state index < -0.39 is 0 Å². The summed E-state index contributed by atoms with van der Waals surface area (Å²) in [5.74, 6) is 1.36. The lowest BCUT2D eigenvalue weighted by molar-refractivity contribution is 0.297. The lowest BCUT2D eigenvalue weighted by Crippen LogP contribution is -2.46. The normalized spacial score (nSPS) is 27.9. The fourth-order valence-electron chi connectivity index (χ4n) is 2.88. The van der Waals surface area contributed by atoms with Gasteiger partial charge in [-0.2, -0.15) is 5.26 Å². The summed E-state index contributed by atoms with van der Waals surface area (Å²) < 4.78 is 0.966. The number of hydrogen-bond acceptors (Lipinski definition) is 2. The minimum atomic E-state index is 0.495. The zero-order valence-corrected chi connectivity index (χ0v) is 12.7. The molecule has 1 aromatic carbocycles. The number of nitriles is 1. The van der Waals surface area contributed by atoms with Crippen molar-refractivity contribution in [1.82, 2.24) is 0 Å². The topological polar surface area (TPSA) is 27.0 Å². The Hall–Kier alpha value is -1.01. The molecule has 0 radical (unpaired) electrons. The van der Waals surface area contributed by atoms with E-state index in [1.54, 1.807) is 0 Å². The monoisotopic (exact) mass is 306 g/mol. The summed E-state index contributed by atoms with van der Waals surface area (Å²) in [5.41, 5.74) is 1.84. The van der Waals surface area contributed by atoms with E-state index in [0.717, 1.165) is 22.3 Å². The van der Waals surface area contributed by atoms with E-state index in [1.807, 2.05) is 12.1 Å². The lowest BCUT2D eigenvalue weighted by atomic mass is 9.85. The van der Waals surface area contributed by atoms with Crippen LogP contribution in [0, 0.1) is 23.2 Å². The molecule has 0 aliphatic carbocycles. The Morgan fingerprint density at radius 2 is 2.06 bits per heavy atom. The van der Waals surface area contributed by atoms with Crippen LogP contribution in [0.2, 0.25) is 0 Å².